The Hall–Kier alpha value is -3.06. The molecule has 0 saturated carbocycles. The number of aromatic hydroxyl groups is 3. The zero-order valence-electron chi connectivity index (χ0n) is 13.0. The van der Waals surface area contributed by atoms with E-state index >= 15 is 0 Å². The number of phenols is 3. The smallest absolute Gasteiger partial charge is 0.166 e. The van der Waals surface area contributed by atoms with Crippen LogP contribution in [0.3, 0.4) is 0 Å². The van der Waals surface area contributed by atoms with E-state index in [0.717, 1.165) is 11.1 Å². The first-order valence-electron chi connectivity index (χ1n) is 7.60. The Kier molecular flexibility index (Phi) is 3.58. The number of hydrazone groups is 1. The molecule has 25 heavy (non-hydrogen) atoms. The van der Waals surface area contributed by atoms with Gasteiger partial charge in [0.2, 0.25) is 0 Å². The molecule has 0 radical (unpaired) electrons. The summed E-state index contributed by atoms with van der Waals surface area (Å²) >= 11 is 4.52. The van der Waals surface area contributed by atoms with Crippen molar-refractivity contribution >= 4 is 34.9 Å². The third kappa shape index (κ3) is 2.49. The van der Waals surface area contributed by atoms with E-state index in [1.165, 1.54) is 12.1 Å². The number of rotatable bonds is 2. The summed E-state index contributed by atoms with van der Waals surface area (Å²) in [6.45, 7) is 0. The molecule has 7 heteroatoms. The van der Waals surface area contributed by atoms with Crippen molar-refractivity contribution < 1.29 is 15.3 Å². The number of hydrogen-bond acceptors (Lipinski definition) is 7. The zero-order valence-corrected chi connectivity index (χ0v) is 13.9. The van der Waals surface area contributed by atoms with Gasteiger partial charge in [0.1, 0.15) is 17.2 Å². The minimum absolute atomic E-state index is 0.0307. The number of thiol groups is 1. The summed E-state index contributed by atoms with van der Waals surface area (Å²) in [4.78, 5) is 1.82. The van der Waals surface area contributed by atoms with Crippen molar-refractivity contribution in [2.75, 3.05) is 4.90 Å². The van der Waals surface area contributed by atoms with Crippen molar-refractivity contribution in [2.45, 2.75) is 5.50 Å². The minimum Gasteiger partial charge on any atom is -0.508 e. The van der Waals surface area contributed by atoms with Crippen LogP contribution in [0.5, 0.6) is 17.2 Å². The predicted octanol–water partition coefficient (Wildman–Crippen LogP) is 2.94. The van der Waals surface area contributed by atoms with Crippen LogP contribution in [0.25, 0.3) is 10.8 Å². The van der Waals surface area contributed by atoms with Crippen LogP contribution in [0.2, 0.25) is 0 Å². The van der Waals surface area contributed by atoms with Crippen molar-refractivity contribution in [3.8, 4) is 17.2 Å². The lowest BCUT2D eigenvalue weighted by Gasteiger charge is -2.26. The second kappa shape index (κ2) is 5.78. The Balaban J connectivity index is 1.89. The molecule has 3 aromatic rings. The van der Waals surface area contributed by atoms with E-state index in [0.29, 0.717) is 16.8 Å². The van der Waals surface area contributed by atoms with Gasteiger partial charge < -0.3 is 15.3 Å². The lowest BCUT2D eigenvalue weighted by Crippen LogP contribution is -2.36. The average Bonchev–Trinajstić information content (AvgIpc) is 2.96. The maximum atomic E-state index is 10.2. The number of fused-ring (bicyclic) bond motifs is 1. The molecule has 0 spiro atoms. The van der Waals surface area contributed by atoms with Gasteiger partial charge in [-0.15, -0.1) is 12.6 Å². The van der Waals surface area contributed by atoms with E-state index in [4.69, 9.17) is 0 Å². The molecule has 6 nitrogen and oxygen atoms in total. The SMILES string of the molecule is Oc1ccc(C2=NNC(S)N2c2cccc3c(O)cccc23)c(O)c1. The van der Waals surface area contributed by atoms with Gasteiger partial charge in [-0.25, -0.2) is 0 Å². The normalized spacial score (nSPS) is 16.8. The first-order valence-corrected chi connectivity index (χ1v) is 8.11. The lowest BCUT2D eigenvalue weighted by atomic mass is 10.1. The fourth-order valence-corrected chi connectivity index (χ4v) is 3.27. The van der Waals surface area contributed by atoms with Crippen LogP contribution in [-0.4, -0.2) is 26.7 Å². The van der Waals surface area contributed by atoms with Gasteiger partial charge in [0, 0.05) is 16.8 Å². The van der Waals surface area contributed by atoms with E-state index in [1.54, 1.807) is 18.2 Å². The molecule has 0 bridgehead atoms. The van der Waals surface area contributed by atoms with Crippen molar-refractivity contribution in [2.24, 2.45) is 5.10 Å². The Morgan fingerprint density at radius 2 is 1.68 bits per heavy atom. The van der Waals surface area contributed by atoms with E-state index in [9.17, 15) is 15.3 Å². The molecule has 0 amide bonds. The zero-order chi connectivity index (χ0) is 17.6. The lowest BCUT2D eigenvalue weighted by molar-refractivity contribution is 0.450. The molecule has 1 aliphatic rings. The molecule has 0 aromatic heterocycles. The summed E-state index contributed by atoms with van der Waals surface area (Å²) < 4.78 is 0. The molecule has 3 aromatic carbocycles. The summed E-state index contributed by atoms with van der Waals surface area (Å²) in [7, 11) is 0. The summed E-state index contributed by atoms with van der Waals surface area (Å²) in [6.07, 6.45) is 0. The predicted molar refractivity (Wildman–Crippen MR) is 100 cm³/mol. The fourth-order valence-electron chi connectivity index (χ4n) is 2.98. The Morgan fingerprint density at radius 1 is 0.920 bits per heavy atom. The van der Waals surface area contributed by atoms with E-state index in [-0.39, 0.29) is 17.2 Å². The number of phenolic OH excluding ortho intramolecular Hbond substituents is 3. The molecular formula is C18H15N3O3S. The number of anilines is 1. The maximum Gasteiger partial charge on any atom is 0.166 e. The summed E-state index contributed by atoms with van der Waals surface area (Å²) in [6, 6.07) is 15.2. The fraction of sp³-hybridized carbons (Fsp3) is 0.0556. The van der Waals surface area contributed by atoms with Crippen LogP contribution in [0.4, 0.5) is 5.69 Å². The van der Waals surface area contributed by atoms with Gasteiger partial charge in [-0.05, 0) is 24.3 Å². The topological polar surface area (TPSA) is 88.3 Å². The average molecular weight is 353 g/mol. The van der Waals surface area contributed by atoms with Gasteiger partial charge in [-0.2, -0.15) is 5.10 Å². The van der Waals surface area contributed by atoms with Crippen LogP contribution in [0, 0.1) is 0 Å². The molecule has 4 N–H and O–H groups in total. The molecular weight excluding hydrogens is 338 g/mol. The second-order valence-electron chi connectivity index (χ2n) is 5.66. The van der Waals surface area contributed by atoms with Crippen molar-refractivity contribution in [3.63, 3.8) is 0 Å². The van der Waals surface area contributed by atoms with Gasteiger partial charge in [-0.3, -0.25) is 10.3 Å². The molecule has 1 heterocycles. The molecule has 126 valence electrons. The molecule has 1 aliphatic heterocycles. The number of nitrogens with zero attached hydrogens (tertiary/aromatic N) is 2. The van der Waals surface area contributed by atoms with Gasteiger partial charge in [0.25, 0.3) is 0 Å². The van der Waals surface area contributed by atoms with Crippen LogP contribution < -0.4 is 10.3 Å². The van der Waals surface area contributed by atoms with Gasteiger partial charge in [-0.1, -0.05) is 24.3 Å². The summed E-state index contributed by atoms with van der Waals surface area (Å²) in [5, 5.41) is 35.6. The van der Waals surface area contributed by atoms with E-state index in [1.807, 2.05) is 29.2 Å². The molecule has 4 rings (SSSR count). The summed E-state index contributed by atoms with van der Waals surface area (Å²) in [5.41, 5.74) is 3.67. The van der Waals surface area contributed by atoms with Crippen molar-refractivity contribution in [3.05, 3.63) is 60.2 Å². The third-order valence-electron chi connectivity index (χ3n) is 4.12. The van der Waals surface area contributed by atoms with Crippen LogP contribution in [0.15, 0.2) is 59.7 Å². The van der Waals surface area contributed by atoms with Crippen LogP contribution >= 0.6 is 12.6 Å². The quantitative estimate of drug-likeness (QED) is 0.457. The Morgan fingerprint density at radius 3 is 2.48 bits per heavy atom. The molecule has 0 aliphatic carbocycles. The minimum atomic E-state index is -0.448. The molecule has 0 saturated heterocycles. The van der Waals surface area contributed by atoms with Gasteiger partial charge in [0.15, 0.2) is 11.3 Å². The number of benzene rings is 3. The highest BCUT2D eigenvalue weighted by molar-refractivity contribution is 7.81. The molecule has 1 unspecified atom stereocenters. The summed E-state index contributed by atoms with van der Waals surface area (Å²) in [5.74, 6) is 0.537. The number of nitrogens with one attached hydrogen (secondary N) is 1. The second-order valence-corrected chi connectivity index (χ2v) is 6.15. The largest absolute Gasteiger partial charge is 0.508 e. The maximum absolute atomic E-state index is 10.2. The van der Waals surface area contributed by atoms with Crippen LogP contribution in [-0.2, 0) is 0 Å². The number of amidine groups is 1. The highest BCUT2D eigenvalue weighted by Crippen LogP contribution is 2.36. The Bertz CT molecular complexity index is 1010. The molecule has 0 fully saturated rings. The van der Waals surface area contributed by atoms with Crippen LogP contribution in [0.1, 0.15) is 5.56 Å². The number of hydrogen-bond donors (Lipinski definition) is 5. The standard InChI is InChI=1S/C18H15N3O3S/c22-10-7-8-13(16(24)9-10)17-19-20-18(25)21(17)14-5-1-4-12-11(14)3-2-6-15(12)23/h1-9,18,20,22-25H. The monoisotopic (exact) mass is 353 g/mol. The van der Waals surface area contributed by atoms with Gasteiger partial charge >= 0.3 is 0 Å². The highest BCUT2D eigenvalue weighted by atomic mass is 32.1. The third-order valence-corrected chi connectivity index (χ3v) is 4.46. The first kappa shape index (κ1) is 15.5. The molecule has 1 atom stereocenters. The van der Waals surface area contributed by atoms with E-state index in [2.05, 4.69) is 23.2 Å². The van der Waals surface area contributed by atoms with Gasteiger partial charge in [0.05, 0.1) is 11.3 Å². The van der Waals surface area contributed by atoms with Crippen molar-refractivity contribution in [1.82, 2.24) is 5.43 Å². The van der Waals surface area contributed by atoms with Crippen molar-refractivity contribution in [1.29, 1.82) is 0 Å². The Labute approximate surface area is 149 Å². The van der Waals surface area contributed by atoms with E-state index < -0.39 is 5.50 Å². The highest BCUT2D eigenvalue weighted by Gasteiger charge is 2.30. The first-order chi connectivity index (χ1) is 12.1.